The number of aromatic nitrogens is 4. The minimum absolute atomic E-state index is 0.0124. The quantitative estimate of drug-likeness (QED) is 0.531. The van der Waals surface area contributed by atoms with E-state index >= 15 is 0 Å². The Labute approximate surface area is 195 Å². The average molecular weight is 476 g/mol. The summed E-state index contributed by atoms with van der Waals surface area (Å²) >= 11 is 0. The molecule has 0 unspecified atom stereocenters. The van der Waals surface area contributed by atoms with E-state index in [4.69, 9.17) is 0 Å². The summed E-state index contributed by atoms with van der Waals surface area (Å²) < 4.78 is 41.7. The monoisotopic (exact) mass is 475 g/mol. The van der Waals surface area contributed by atoms with Gasteiger partial charge in [0.1, 0.15) is 11.7 Å². The van der Waals surface area contributed by atoms with Crippen molar-refractivity contribution in [3.63, 3.8) is 0 Å². The molecule has 10 heteroatoms. The molecular formula is C24H28F3N5O2. The first-order chi connectivity index (χ1) is 16.3. The van der Waals surface area contributed by atoms with Gasteiger partial charge in [-0.15, -0.1) is 0 Å². The van der Waals surface area contributed by atoms with E-state index < -0.39 is 11.7 Å². The van der Waals surface area contributed by atoms with Gasteiger partial charge in [-0.1, -0.05) is 44.2 Å². The molecule has 1 amide bonds. The number of nitrogens with zero attached hydrogens (tertiary/aromatic N) is 4. The second kappa shape index (κ2) is 10.4. The molecular weight excluding hydrogens is 447 g/mol. The van der Waals surface area contributed by atoms with Crippen LogP contribution in [0.3, 0.4) is 0 Å². The molecule has 1 aromatic carbocycles. The zero-order valence-electron chi connectivity index (χ0n) is 18.9. The lowest BCUT2D eigenvalue weighted by atomic mass is 9.86. The SMILES string of the molecule is O=C(CCC1CCCCC1)NCCn1ncc2c(=O)n(Cc3cccc(C(F)(F)F)c3)cnc21. The smallest absolute Gasteiger partial charge is 0.354 e. The summed E-state index contributed by atoms with van der Waals surface area (Å²) in [6.07, 6.45) is 5.94. The van der Waals surface area contributed by atoms with Crippen molar-refractivity contribution in [2.75, 3.05) is 6.54 Å². The minimum Gasteiger partial charge on any atom is -0.354 e. The third kappa shape index (κ3) is 5.84. The number of rotatable bonds is 8. The van der Waals surface area contributed by atoms with Crippen LogP contribution in [0.1, 0.15) is 56.1 Å². The number of hydrogen-bond acceptors (Lipinski definition) is 4. The number of halogens is 3. The third-order valence-corrected chi connectivity index (χ3v) is 6.38. The largest absolute Gasteiger partial charge is 0.416 e. The molecule has 0 radical (unpaired) electrons. The lowest BCUT2D eigenvalue weighted by molar-refractivity contribution is -0.137. The zero-order valence-corrected chi connectivity index (χ0v) is 18.9. The van der Waals surface area contributed by atoms with E-state index in [1.54, 1.807) is 4.68 Å². The van der Waals surface area contributed by atoms with Gasteiger partial charge in [-0.3, -0.25) is 14.2 Å². The fraction of sp³-hybridized carbons (Fsp3) is 0.500. The molecule has 1 fully saturated rings. The maximum absolute atomic E-state index is 13.0. The molecule has 0 saturated heterocycles. The molecule has 2 aromatic heterocycles. The van der Waals surface area contributed by atoms with Crippen LogP contribution in [-0.2, 0) is 24.1 Å². The van der Waals surface area contributed by atoms with Crippen LogP contribution in [0.2, 0.25) is 0 Å². The summed E-state index contributed by atoms with van der Waals surface area (Å²) in [5.74, 6) is 0.662. The minimum atomic E-state index is -4.45. The van der Waals surface area contributed by atoms with Gasteiger partial charge in [0, 0.05) is 13.0 Å². The predicted octanol–water partition coefficient (Wildman–Crippen LogP) is 4.14. The van der Waals surface area contributed by atoms with Crippen LogP contribution in [0.25, 0.3) is 11.0 Å². The number of benzene rings is 1. The topological polar surface area (TPSA) is 81.8 Å². The molecule has 0 spiro atoms. The molecule has 0 atom stereocenters. The number of fused-ring (bicyclic) bond motifs is 1. The Kier molecular flexibility index (Phi) is 7.33. The van der Waals surface area contributed by atoms with Gasteiger partial charge in [0.2, 0.25) is 5.91 Å². The predicted molar refractivity (Wildman–Crippen MR) is 121 cm³/mol. The van der Waals surface area contributed by atoms with Crippen LogP contribution < -0.4 is 10.9 Å². The zero-order chi connectivity index (χ0) is 24.1. The number of amides is 1. The summed E-state index contributed by atoms with van der Waals surface area (Å²) in [7, 11) is 0. The van der Waals surface area contributed by atoms with Crippen molar-refractivity contribution in [3.8, 4) is 0 Å². The highest BCUT2D eigenvalue weighted by Crippen LogP contribution is 2.29. The Balaban J connectivity index is 1.35. The van der Waals surface area contributed by atoms with E-state index in [1.807, 2.05) is 0 Å². The average Bonchev–Trinajstić information content (AvgIpc) is 3.23. The molecule has 7 nitrogen and oxygen atoms in total. The van der Waals surface area contributed by atoms with Crippen LogP contribution in [-0.4, -0.2) is 31.8 Å². The van der Waals surface area contributed by atoms with E-state index in [2.05, 4.69) is 15.4 Å². The normalized spacial score (nSPS) is 15.0. The molecule has 3 aromatic rings. The molecule has 0 aliphatic heterocycles. The number of carbonyl (C=O) groups is 1. The Morgan fingerprint density at radius 3 is 2.74 bits per heavy atom. The standard InChI is InChI=1S/C24H28F3N5O2/c25-24(26,27)19-8-4-7-18(13-19)15-31-16-29-22-20(23(31)34)14-30-32(22)12-11-28-21(33)10-9-17-5-2-1-3-6-17/h4,7-8,13-14,16-17H,1-3,5-6,9-12,15H2,(H,28,33). The molecule has 0 bridgehead atoms. The van der Waals surface area contributed by atoms with Gasteiger partial charge >= 0.3 is 6.18 Å². The molecule has 182 valence electrons. The number of hydrogen-bond donors (Lipinski definition) is 1. The maximum atomic E-state index is 13.0. The van der Waals surface area contributed by atoms with Gasteiger partial charge in [0.05, 0.1) is 24.8 Å². The van der Waals surface area contributed by atoms with Gasteiger partial charge in [0.15, 0.2) is 5.65 Å². The van der Waals surface area contributed by atoms with Gasteiger partial charge in [-0.05, 0) is 30.0 Å². The summed E-state index contributed by atoms with van der Waals surface area (Å²) in [6.45, 7) is 0.700. The van der Waals surface area contributed by atoms with Gasteiger partial charge < -0.3 is 5.32 Å². The summed E-state index contributed by atoms with van der Waals surface area (Å²) in [4.78, 5) is 29.3. The highest BCUT2D eigenvalue weighted by molar-refractivity contribution is 5.76. The Morgan fingerprint density at radius 1 is 1.18 bits per heavy atom. The fourth-order valence-corrected chi connectivity index (χ4v) is 4.52. The van der Waals surface area contributed by atoms with Crippen LogP contribution >= 0.6 is 0 Å². The lowest BCUT2D eigenvalue weighted by Crippen LogP contribution is -2.28. The van der Waals surface area contributed by atoms with Gasteiger partial charge in [-0.2, -0.15) is 18.3 Å². The Bertz CT molecular complexity index is 1200. The van der Waals surface area contributed by atoms with Crippen LogP contribution in [0.5, 0.6) is 0 Å². The number of nitrogens with one attached hydrogen (secondary N) is 1. The van der Waals surface area contributed by atoms with E-state index in [9.17, 15) is 22.8 Å². The van der Waals surface area contributed by atoms with Gasteiger partial charge in [0.25, 0.3) is 5.56 Å². The maximum Gasteiger partial charge on any atom is 0.416 e. The Hall–Kier alpha value is -3.17. The molecule has 34 heavy (non-hydrogen) atoms. The highest BCUT2D eigenvalue weighted by Gasteiger charge is 2.30. The molecule has 1 saturated carbocycles. The highest BCUT2D eigenvalue weighted by atomic mass is 19.4. The molecule has 1 N–H and O–H groups in total. The number of alkyl halides is 3. The van der Waals surface area contributed by atoms with Gasteiger partial charge in [-0.25, -0.2) is 9.67 Å². The van der Waals surface area contributed by atoms with Crippen molar-refractivity contribution < 1.29 is 18.0 Å². The number of carbonyl (C=O) groups excluding carboxylic acids is 1. The van der Waals surface area contributed by atoms with Crippen molar-refractivity contribution in [2.24, 2.45) is 5.92 Å². The summed E-state index contributed by atoms with van der Waals surface area (Å²) in [5.41, 5.74) is -0.422. The first-order valence-electron chi connectivity index (χ1n) is 11.6. The summed E-state index contributed by atoms with van der Waals surface area (Å²) in [6, 6.07) is 4.87. The van der Waals surface area contributed by atoms with Crippen molar-refractivity contribution >= 4 is 16.9 Å². The first-order valence-corrected chi connectivity index (χ1v) is 11.6. The first kappa shape index (κ1) is 24.0. The van der Waals surface area contributed by atoms with Crippen LogP contribution in [0.15, 0.2) is 41.6 Å². The molecule has 1 aliphatic carbocycles. The molecule has 4 rings (SSSR count). The van der Waals surface area contributed by atoms with Crippen molar-refractivity contribution in [1.82, 2.24) is 24.6 Å². The van der Waals surface area contributed by atoms with Crippen LogP contribution in [0.4, 0.5) is 13.2 Å². The Morgan fingerprint density at radius 2 is 1.97 bits per heavy atom. The van der Waals surface area contributed by atoms with E-state index in [0.717, 1.165) is 18.6 Å². The van der Waals surface area contributed by atoms with Crippen molar-refractivity contribution in [3.05, 3.63) is 58.3 Å². The van der Waals surface area contributed by atoms with E-state index in [0.29, 0.717) is 36.6 Å². The molecule has 1 aliphatic rings. The van der Waals surface area contributed by atoms with Crippen molar-refractivity contribution in [2.45, 2.75) is 64.2 Å². The third-order valence-electron chi connectivity index (χ3n) is 6.38. The van der Waals surface area contributed by atoms with E-state index in [-0.39, 0.29) is 23.4 Å². The van der Waals surface area contributed by atoms with Crippen molar-refractivity contribution in [1.29, 1.82) is 0 Å². The molecule has 2 heterocycles. The lowest BCUT2D eigenvalue weighted by Gasteiger charge is -2.20. The fourth-order valence-electron chi connectivity index (χ4n) is 4.52. The second-order valence-corrected chi connectivity index (χ2v) is 8.87. The van der Waals surface area contributed by atoms with E-state index in [1.165, 1.54) is 61.3 Å². The second-order valence-electron chi connectivity index (χ2n) is 8.87. The van der Waals surface area contributed by atoms with Crippen LogP contribution in [0, 0.1) is 5.92 Å². The summed E-state index contributed by atoms with van der Waals surface area (Å²) in [5, 5.41) is 7.38.